The van der Waals surface area contributed by atoms with Gasteiger partial charge < -0.3 is 9.73 Å². The van der Waals surface area contributed by atoms with Gasteiger partial charge in [-0.2, -0.15) is 0 Å². The minimum atomic E-state index is 0.134. The third-order valence-electron chi connectivity index (χ3n) is 8.58. The third-order valence-corrected chi connectivity index (χ3v) is 9.51. The molecule has 4 aromatic rings. The molecule has 0 aliphatic heterocycles. The van der Waals surface area contributed by atoms with Gasteiger partial charge in [0.2, 0.25) is 11.8 Å². The van der Waals surface area contributed by atoms with E-state index < -0.39 is 0 Å². The Bertz CT molecular complexity index is 1340. The van der Waals surface area contributed by atoms with Crippen molar-refractivity contribution in [2.75, 3.05) is 11.9 Å². The van der Waals surface area contributed by atoms with Gasteiger partial charge in [-0.25, -0.2) is 4.98 Å². The molecule has 2 bridgehead atoms. The van der Waals surface area contributed by atoms with E-state index in [4.69, 9.17) is 4.42 Å². The molecule has 4 aliphatic carbocycles. The second-order valence-corrected chi connectivity index (χ2v) is 12.1. The minimum Gasteiger partial charge on any atom is -0.424 e. The zero-order valence-corrected chi connectivity index (χ0v) is 20.5. The molecule has 2 heterocycles. The van der Waals surface area contributed by atoms with Crippen LogP contribution in [0, 0.1) is 12.3 Å². The van der Waals surface area contributed by atoms with Gasteiger partial charge in [-0.05, 0) is 99.1 Å². The zero-order chi connectivity index (χ0) is 22.8. The van der Waals surface area contributed by atoms with E-state index in [-0.39, 0.29) is 5.41 Å². The van der Waals surface area contributed by atoms with Gasteiger partial charge in [-0.3, -0.25) is 0 Å². The first-order valence-electron chi connectivity index (χ1n) is 12.7. The molecule has 0 spiro atoms. The molecule has 0 amide bonds. The molecule has 4 fully saturated rings. The van der Waals surface area contributed by atoms with E-state index in [1.807, 2.05) is 0 Å². The Labute approximate surface area is 204 Å². The molecule has 1 N–H and O–H groups in total. The van der Waals surface area contributed by atoms with Crippen molar-refractivity contribution in [1.29, 1.82) is 0 Å². The number of thiazole rings is 1. The molecular formula is C28H30N4OS. The molecule has 6 heteroatoms. The SMILES string of the molecule is Cc1nc2ccc(-c3cccc(NCC45CCC(c6nnc(C7CC7)o6)(CC4)CC5)c3)cc2s1. The van der Waals surface area contributed by atoms with Gasteiger partial charge in [0.25, 0.3) is 0 Å². The fraction of sp³-hybridized carbons (Fsp3) is 0.464. The molecule has 4 saturated carbocycles. The molecular weight excluding hydrogens is 440 g/mol. The fourth-order valence-corrected chi connectivity index (χ4v) is 6.98. The van der Waals surface area contributed by atoms with Gasteiger partial charge in [-0.1, -0.05) is 18.2 Å². The first-order valence-corrected chi connectivity index (χ1v) is 13.5. The molecule has 4 aliphatic rings. The highest BCUT2D eigenvalue weighted by Crippen LogP contribution is 2.57. The van der Waals surface area contributed by atoms with Crippen LogP contribution in [-0.4, -0.2) is 21.7 Å². The number of aryl methyl sites for hydroxylation is 1. The highest BCUT2D eigenvalue weighted by molar-refractivity contribution is 7.18. The van der Waals surface area contributed by atoms with Gasteiger partial charge in [0.15, 0.2) is 0 Å². The second-order valence-electron chi connectivity index (χ2n) is 10.8. The molecule has 2 aromatic carbocycles. The standard InChI is InChI=1S/C28H30N4OS/c1-18-30-23-8-7-21(16-24(23)34-18)20-3-2-4-22(15-20)29-17-27-9-12-28(13-10-27,14-11-27)26-32-31-25(33-26)19-5-6-19/h2-4,7-8,15-16,19,29H,5-6,9-14,17H2,1H3. The summed E-state index contributed by atoms with van der Waals surface area (Å²) in [6.45, 7) is 3.11. The number of fused-ring (bicyclic) bond motifs is 4. The summed E-state index contributed by atoms with van der Waals surface area (Å²) in [5.74, 6) is 2.35. The van der Waals surface area contributed by atoms with Crippen LogP contribution < -0.4 is 5.32 Å². The Kier molecular flexibility index (Phi) is 4.63. The van der Waals surface area contributed by atoms with Crippen molar-refractivity contribution in [1.82, 2.24) is 15.2 Å². The van der Waals surface area contributed by atoms with E-state index in [9.17, 15) is 0 Å². The highest BCUT2D eigenvalue weighted by atomic mass is 32.1. The van der Waals surface area contributed by atoms with Crippen molar-refractivity contribution in [3.8, 4) is 11.1 Å². The van der Waals surface area contributed by atoms with E-state index >= 15 is 0 Å². The quantitative estimate of drug-likeness (QED) is 0.322. The van der Waals surface area contributed by atoms with Crippen LogP contribution in [0.15, 0.2) is 46.9 Å². The molecule has 0 saturated heterocycles. The van der Waals surface area contributed by atoms with Gasteiger partial charge in [0.05, 0.1) is 15.2 Å². The Morgan fingerprint density at radius 2 is 1.76 bits per heavy atom. The number of benzene rings is 2. The predicted octanol–water partition coefficient (Wildman–Crippen LogP) is 7.24. The highest BCUT2D eigenvalue weighted by Gasteiger charge is 2.52. The Morgan fingerprint density at radius 3 is 2.56 bits per heavy atom. The van der Waals surface area contributed by atoms with Gasteiger partial charge in [0, 0.05) is 23.6 Å². The predicted molar refractivity (Wildman–Crippen MR) is 136 cm³/mol. The van der Waals surface area contributed by atoms with Crippen LogP contribution in [-0.2, 0) is 5.41 Å². The van der Waals surface area contributed by atoms with Crippen molar-refractivity contribution in [2.45, 2.75) is 69.6 Å². The maximum Gasteiger partial charge on any atom is 0.222 e. The van der Waals surface area contributed by atoms with Crippen molar-refractivity contribution in [3.05, 3.63) is 59.3 Å². The molecule has 0 unspecified atom stereocenters. The number of hydrogen-bond donors (Lipinski definition) is 1. The number of aromatic nitrogens is 3. The van der Waals surface area contributed by atoms with Crippen molar-refractivity contribution < 1.29 is 4.42 Å². The molecule has 34 heavy (non-hydrogen) atoms. The summed E-state index contributed by atoms with van der Waals surface area (Å²) in [7, 11) is 0. The monoisotopic (exact) mass is 470 g/mol. The lowest BCUT2D eigenvalue weighted by molar-refractivity contribution is 0.0349. The Hall–Kier alpha value is -2.73. The largest absolute Gasteiger partial charge is 0.424 e. The first kappa shape index (κ1) is 20.6. The molecule has 2 aromatic heterocycles. The average molecular weight is 471 g/mol. The topological polar surface area (TPSA) is 63.8 Å². The van der Waals surface area contributed by atoms with Crippen LogP contribution in [0.1, 0.15) is 74.1 Å². The van der Waals surface area contributed by atoms with Crippen LogP contribution in [0.4, 0.5) is 5.69 Å². The van der Waals surface area contributed by atoms with Gasteiger partial charge in [-0.15, -0.1) is 21.5 Å². The summed E-state index contributed by atoms with van der Waals surface area (Å²) in [5.41, 5.74) is 5.33. The molecule has 174 valence electrons. The molecule has 5 nitrogen and oxygen atoms in total. The summed E-state index contributed by atoms with van der Waals surface area (Å²) < 4.78 is 7.43. The summed E-state index contributed by atoms with van der Waals surface area (Å²) in [6.07, 6.45) is 9.67. The summed E-state index contributed by atoms with van der Waals surface area (Å²) in [6, 6.07) is 15.5. The van der Waals surface area contributed by atoms with E-state index in [0.717, 1.165) is 28.9 Å². The third kappa shape index (κ3) is 3.54. The van der Waals surface area contributed by atoms with E-state index in [2.05, 4.69) is 69.9 Å². The number of nitrogens with one attached hydrogen (secondary N) is 1. The van der Waals surface area contributed by atoms with Gasteiger partial charge >= 0.3 is 0 Å². The van der Waals surface area contributed by atoms with Crippen LogP contribution in [0.25, 0.3) is 21.3 Å². The van der Waals surface area contributed by atoms with Crippen LogP contribution >= 0.6 is 11.3 Å². The van der Waals surface area contributed by atoms with Crippen LogP contribution in [0.3, 0.4) is 0 Å². The average Bonchev–Trinajstić information content (AvgIpc) is 3.47. The zero-order valence-electron chi connectivity index (χ0n) is 19.6. The fourth-order valence-electron chi connectivity index (χ4n) is 6.11. The Morgan fingerprint density at radius 1 is 0.971 bits per heavy atom. The van der Waals surface area contributed by atoms with Crippen molar-refractivity contribution >= 4 is 27.2 Å². The normalized spacial score (nSPS) is 26.3. The number of nitrogens with zero attached hydrogens (tertiary/aromatic N) is 3. The maximum atomic E-state index is 6.17. The molecule has 8 rings (SSSR count). The van der Waals surface area contributed by atoms with Crippen LogP contribution in [0.2, 0.25) is 0 Å². The smallest absolute Gasteiger partial charge is 0.222 e. The number of rotatable bonds is 6. The summed E-state index contributed by atoms with van der Waals surface area (Å²) in [4.78, 5) is 4.60. The van der Waals surface area contributed by atoms with Crippen molar-refractivity contribution in [3.63, 3.8) is 0 Å². The van der Waals surface area contributed by atoms with Crippen LogP contribution in [0.5, 0.6) is 0 Å². The summed E-state index contributed by atoms with van der Waals surface area (Å²) in [5, 5.41) is 13.8. The first-order chi connectivity index (χ1) is 16.6. The Balaban J connectivity index is 1.04. The van der Waals surface area contributed by atoms with E-state index in [0.29, 0.717) is 11.3 Å². The lowest BCUT2D eigenvalue weighted by atomic mass is 9.53. The lowest BCUT2D eigenvalue weighted by Crippen LogP contribution is -2.47. The minimum absolute atomic E-state index is 0.134. The van der Waals surface area contributed by atoms with E-state index in [1.165, 1.54) is 72.9 Å². The molecule has 0 atom stereocenters. The van der Waals surface area contributed by atoms with E-state index in [1.54, 1.807) is 11.3 Å². The maximum absolute atomic E-state index is 6.17. The van der Waals surface area contributed by atoms with Crippen molar-refractivity contribution in [2.24, 2.45) is 5.41 Å². The lowest BCUT2D eigenvalue weighted by Gasteiger charge is -2.52. The van der Waals surface area contributed by atoms with Gasteiger partial charge in [0.1, 0.15) is 0 Å². The number of hydrogen-bond acceptors (Lipinski definition) is 6. The molecule has 0 radical (unpaired) electrons. The summed E-state index contributed by atoms with van der Waals surface area (Å²) >= 11 is 1.76. The second kappa shape index (κ2) is 7.64. The number of anilines is 1.